The highest BCUT2D eigenvalue weighted by atomic mass is 19.1. The second-order valence-corrected chi connectivity index (χ2v) is 3.46. The summed E-state index contributed by atoms with van der Waals surface area (Å²) in [6.07, 6.45) is 0.140. The molecule has 2 rings (SSSR count). The molecule has 0 spiro atoms. The number of piperidine rings is 1. The van der Waals surface area contributed by atoms with E-state index in [4.69, 9.17) is 9.47 Å². The summed E-state index contributed by atoms with van der Waals surface area (Å²) in [5, 5.41) is 3.10. The van der Waals surface area contributed by atoms with Crippen molar-refractivity contribution < 1.29 is 13.9 Å². The third kappa shape index (κ3) is 1.34. The van der Waals surface area contributed by atoms with E-state index in [2.05, 4.69) is 5.32 Å². The maximum Gasteiger partial charge on any atom is 0.197 e. The van der Waals surface area contributed by atoms with Crippen LogP contribution in [0.25, 0.3) is 0 Å². The molecular formula is C8H14FNO2. The second-order valence-electron chi connectivity index (χ2n) is 3.46. The van der Waals surface area contributed by atoms with Crippen LogP contribution in [-0.2, 0) is 9.47 Å². The minimum atomic E-state index is -1.25. The van der Waals surface area contributed by atoms with Crippen LogP contribution in [-0.4, -0.2) is 31.3 Å². The average molecular weight is 175 g/mol. The van der Waals surface area contributed by atoms with Gasteiger partial charge in [0.2, 0.25) is 0 Å². The Morgan fingerprint density at radius 2 is 1.92 bits per heavy atom. The van der Waals surface area contributed by atoms with Gasteiger partial charge in [0.25, 0.3) is 0 Å². The molecule has 0 bridgehead atoms. The van der Waals surface area contributed by atoms with E-state index in [1.165, 1.54) is 0 Å². The molecule has 0 aliphatic carbocycles. The molecule has 0 saturated carbocycles. The average Bonchev–Trinajstić information content (AvgIpc) is 2.00. The zero-order valence-corrected chi connectivity index (χ0v) is 7.18. The van der Waals surface area contributed by atoms with Crippen LogP contribution in [0.15, 0.2) is 0 Å². The molecule has 0 radical (unpaired) electrons. The number of hydrogen-bond acceptors (Lipinski definition) is 3. The molecule has 0 atom stereocenters. The second kappa shape index (κ2) is 2.94. The van der Waals surface area contributed by atoms with Crippen LogP contribution in [0.1, 0.15) is 19.8 Å². The normalized spacial score (nSPS) is 40.5. The van der Waals surface area contributed by atoms with Crippen LogP contribution >= 0.6 is 0 Å². The van der Waals surface area contributed by atoms with Crippen molar-refractivity contribution in [3.63, 3.8) is 0 Å². The summed E-state index contributed by atoms with van der Waals surface area (Å²) in [5.74, 6) is 0. The monoisotopic (exact) mass is 175 g/mol. The Balaban J connectivity index is 1.91. The SMILES string of the molecule is CC1OC(C2(F)CCNCC2)O1. The fourth-order valence-corrected chi connectivity index (χ4v) is 1.68. The van der Waals surface area contributed by atoms with Crippen molar-refractivity contribution in [1.29, 1.82) is 0 Å². The molecule has 12 heavy (non-hydrogen) atoms. The third-order valence-corrected chi connectivity index (χ3v) is 2.49. The topological polar surface area (TPSA) is 30.5 Å². The van der Waals surface area contributed by atoms with E-state index in [-0.39, 0.29) is 6.29 Å². The van der Waals surface area contributed by atoms with Crippen LogP contribution < -0.4 is 5.32 Å². The van der Waals surface area contributed by atoms with E-state index in [0.29, 0.717) is 25.9 Å². The van der Waals surface area contributed by atoms with Crippen molar-refractivity contribution in [2.75, 3.05) is 13.1 Å². The van der Waals surface area contributed by atoms with E-state index in [1.807, 2.05) is 0 Å². The predicted molar refractivity (Wildman–Crippen MR) is 41.4 cm³/mol. The fraction of sp³-hybridized carbons (Fsp3) is 1.00. The van der Waals surface area contributed by atoms with Gasteiger partial charge in [0, 0.05) is 0 Å². The lowest BCUT2D eigenvalue weighted by atomic mass is 9.93. The van der Waals surface area contributed by atoms with E-state index in [1.54, 1.807) is 6.92 Å². The van der Waals surface area contributed by atoms with Crippen molar-refractivity contribution in [3.8, 4) is 0 Å². The van der Waals surface area contributed by atoms with Gasteiger partial charge in [-0.15, -0.1) is 0 Å². The minimum Gasteiger partial charge on any atom is -0.321 e. The van der Waals surface area contributed by atoms with Crippen LogP contribution in [0.2, 0.25) is 0 Å². The number of hydrogen-bond donors (Lipinski definition) is 1. The summed E-state index contributed by atoms with van der Waals surface area (Å²) in [5.41, 5.74) is -1.25. The van der Waals surface area contributed by atoms with E-state index >= 15 is 0 Å². The van der Waals surface area contributed by atoms with Crippen LogP contribution in [0.4, 0.5) is 4.39 Å². The van der Waals surface area contributed by atoms with Gasteiger partial charge in [0.1, 0.15) is 0 Å². The molecule has 0 aromatic heterocycles. The Morgan fingerprint density at radius 3 is 2.42 bits per heavy atom. The molecule has 0 amide bonds. The van der Waals surface area contributed by atoms with Crippen molar-refractivity contribution in [3.05, 3.63) is 0 Å². The van der Waals surface area contributed by atoms with Gasteiger partial charge in [-0.25, -0.2) is 4.39 Å². The van der Waals surface area contributed by atoms with Gasteiger partial charge in [0.05, 0.1) is 0 Å². The highest BCUT2D eigenvalue weighted by molar-refractivity contribution is 4.90. The summed E-state index contributed by atoms with van der Waals surface area (Å²) < 4.78 is 24.2. The highest BCUT2D eigenvalue weighted by Crippen LogP contribution is 2.35. The first-order valence-corrected chi connectivity index (χ1v) is 4.41. The Morgan fingerprint density at radius 1 is 1.33 bits per heavy atom. The lowest BCUT2D eigenvalue weighted by Crippen LogP contribution is -2.56. The molecule has 4 heteroatoms. The summed E-state index contributed by atoms with van der Waals surface area (Å²) in [6.45, 7) is 3.21. The Labute approximate surface area is 71.2 Å². The molecule has 2 fully saturated rings. The molecule has 2 aliphatic rings. The van der Waals surface area contributed by atoms with Gasteiger partial charge in [-0.2, -0.15) is 0 Å². The Kier molecular flexibility index (Phi) is 2.06. The molecular weight excluding hydrogens is 161 g/mol. The molecule has 2 heterocycles. The lowest BCUT2D eigenvalue weighted by Gasteiger charge is -2.44. The van der Waals surface area contributed by atoms with Crippen LogP contribution in [0.5, 0.6) is 0 Å². The first-order valence-electron chi connectivity index (χ1n) is 4.41. The number of halogens is 1. The fourth-order valence-electron chi connectivity index (χ4n) is 1.68. The molecule has 70 valence electrons. The first-order chi connectivity index (χ1) is 5.71. The van der Waals surface area contributed by atoms with Crippen LogP contribution in [0, 0.1) is 0 Å². The molecule has 2 aliphatic heterocycles. The van der Waals surface area contributed by atoms with Crippen molar-refractivity contribution in [2.45, 2.75) is 38.0 Å². The Hall–Kier alpha value is -0.190. The zero-order chi connectivity index (χ0) is 8.60. The summed E-state index contributed by atoms with van der Waals surface area (Å²) >= 11 is 0. The molecule has 3 nitrogen and oxygen atoms in total. The summed E-state index contributed by atoms with van der Waals surface area (Å²) in [6, 6.07) is 0. The standard InChI is InChI=1S/C8H14FNO2/c1-6-11-7(12-6)8(9)2-4-10-5-3-8/h6-7,10H,2-5H2,1H3. The van der Waals surface area contributed by atoms with Gasteiger partial charge in [-0.05, 0) is 32.9 Å². The summed E-state index contributed by atoms with van der Waals surface area (Å²) in [4.78, 5) is 0. The zero-order valence-electron chi connectivity index (χ0n) is 7.18. The van der Waals surface area contributed by atoms with Gasteiger partial charge >= 0.3 is 0 Å². The molecule has 0 unspecified atom stereocenters. The largest absolute Gasteiger partial charge is 0.321 e. The van der Waals surface area contributed by atoms with Gasteiger partial charge in [0.15, 0.2) is 18.2 Å². The number of ether oxygens (including phenoxy) is 2. The number of rotatable bonds is 1. The Bertz CT molecular complexity index is 164. The van der Waals surface area contributed by atoms with E-state index in [0.717, 1.165) is 0 Å². The molecule has 0 aromatic carbocycles. The first kappa shape index (κ1) is 8.41. The van der Waals surface area contributed by atoms with Crippen molar-refractivity contribution in [1.82, 2.24) is 5.32 Å². The van der Waals surface area contributed by atoms with E-state index in [9.17, 15) is 4.39 Å². The predicted octanol–water partition coefficient (Wildman–Crippen LogP) is 0.797. The molecule has 2 saturated heterocycles. The van der Waals surface area contributed by atoms with Gasteiger partial charge in [-0.3, -0.25) is 0 Å². The van der Waals surface area contributed by atoms with Crippen molar-refractivity contribution in [2.24, 2.45) is 0 Å². The molecule has 1 N–H and O–H groups in total. The maximum absolute atomic E-state index is 13.9. The lowest BCUT2D eigenvalue weighted by molar-refractivity contribution is -0.412. The van der Waals surface area contributed by atoms with E-state index < -0.39 is 12.0 Å². The van der Waals surface area contributed by atoms with Crippen molar-refractivity contribution >= 4 is 0 Å². The highest BCUT2D eigenvalue weighted by Gasteiger charge is 2.48. The van der Waals surface area contributed by atoms with Crippen LogP contribution in [0.3, 0.4) is 0 Å². The van der Waals surface area contributed by atoms with Gasteiger partial charge < -0.3 is 14.8 Å². The smallest absolute Gasteiger partial charge is 0.197 e. The van der Waals surface area contributed by atoms with Gasteiger partial charge in [-0.1, -0.05) is 0 Å². The maximum atomic E-state index is 13.9. The quantitative estimate of drug-likeness (QED) is 0.639. The minimum absolute atomic E-state index is 0.225. The summed E-state index contributed by atoms with van der Waals surface area (Å²) in [7, 11) is 0. The number of nitrogens with one attached hydrogen (secondary N) is 1. The number of alkyl halides is 1. The molecule has 0 aromatic rings. The third-order valence-electron chi connectivity index (χ3n) is 2.49.